The van der Waals surface area contributed by atoms with Gasteiger partial charge in [0.15, 0.2) is 9.80 Å². The van der Waals surface area contributed by atoms with Crippen molar-refractivity contribution in [1.29, 1.82) is 0 Å². The highest BCUT2D eigenvalue weighted by molar-refractivity contribution is 7.96. The van der Waals surface area contributed by atoms with Crippen LogP contribution in [0.25, 0.3) is 0 Å². The molecule has 0 radical (unpaired) electrons. The van der Waals surface area contributed by atoms with Gasteiger partial charge in [0.05, 0.1) is 10.6 Å². The van der Waals surface area contributed by atoms with Gasteiger partial charge in [0.1, 0.15) is 0 Å². The second-order valence-corrected chi connectivity index (χ2v) is 8.25. The molecule has 4 heteroatoms. The fraction of sp³-hybridized carbons (Fsp3) is 0.333. The van der Waals surface area contributed by atoms with Crippen molar-refractivity contribution in [3.63, 3.8) is 0 Å². The number of fused-ring (bicyclic) bond motifs is 1. The predicted octanol–water partition coefficient (Wildman–Crippen LogP) is 4.04. The van der Waals surface area contributed by atoms with Crippen LogP contribution in [0.2, 0.25) is 0 Å². The normalized spacial score (nSPS) is 28.1. The summed E-state index contributed by atoms with van der Waals surface area (Å²) in [5.41, 5.74) is 3.49. The van der Waals surface area contributed by atoms with Gasteiger partial charge in [-0.05, 0) is 48.7 Å². The lowest BCUT2D eigenvalue weighted by atomic mass is 9.79. The Hall–Kier alpha value is -1.81. The number of hydrogen-bond acceptors (Lipinski definition) is 3. The topological polar surface area (TPSA) is 38.7 Å². The van der Waals surface area contributed by atoms with Crippen LogP contribution in [0.5, 0.6) is 0 Å². The molecular weight excluding hydrogens is 294 g/mol. The summed E-state index contributed by atoms with van der Waals surface area (Å²) in [7, 11) is -2.85. The SMILES string of the molecule is C=S(=O)(O/N=C1\CC2=CC=CCC2(C)C1)c1cccc(C)c1. The number of allylic oxidation sites excluding steroid dienone is 4. The maximum absolute atomic E-state index is 12.6. The molecule has 116 valence electrons. The van der Waals surface area contributed by atoms with Crippen LogP contribution in [0.1, 0.15) is 31.7 Å². The Labute approximate surface area is 132 Å². The van der Waals surface area contributed by atoms with Gasteiger partial charge in [0.25, 0.3) is 0 Å². The number of benzene rings is 1. The zero-order chi connectivity index (χ0) is 15.8. The molecule has 0 amide bonds. The summed E-state index contributed by atoms with van der Waals surface area (Å²) in [6.07, 6.45) is 9.11. The lowest BCUT2D eigenvalue weighted by Gasteiger charge is -2.25. The van der Waals surface area contributed by atoms with Crippen molar-refractivity contribution in [2.75, 3.05) is 0 Å². The summed E-state index contributed by atoms with van der Waals surface area (Å²) in [6, 6.07) is 7.41. The van der Waals surface area contributed by atoms with Crippen molar-refractivity contribution >= 4 is 21.4 Å². The minimum absolute atomic E-state index is 0.141. The maximum atomic E-state index is 12.6. The van der Waals surface area contributed by atoms with E-state index in [1.807, 2.05) is 25.1 Å². The second-order valence-electron chi connectivity index (χ2n) is 6.40. The second kappa shape index (κ2) is 5.43. The van der Waals surface area contributed by atoms with Gasteiger partial charge in [-0.3, -0.25) is 4.28 Å². The third-order valence-corrected chi connectivity index (χ3v) is 5.69. The van der Waals surface area contributed by atoms with Gasteiger partial charge >= 0.3 is 0 Å². The average molecular weight is 315 g/mol. The van der Waals surface area contributed by atoms with E-state index in [1.165, 1.54) is 5.57 Å². The Balaban J connectivity index is 1.78. The van der Waals surface area contributed by atoms with Gasteiger partial charge in [0.2, 0.25) is 0 Å². The van der Waals surface area contributed by atoms with Gasteiger partial charge in [0, 0.05) is 6.42 Å². The standard InChI is InChI=1S/C18H21NO2S/c1-14-7-6-9-17(11-14)22(3,20)21-19-16-12-15-8-4-5-10-18(15,2)13-16/h4-9,11H,3,10,12-13H2,1-2H3/b19-16+. The third kappa shape index (κ3) is 2.88. The van der Waals surface area contributed by atoms with Crippen LogP contribution in [0.15, 0.2) is 58.1 Å². The number of aryl methyl sites for hydroxylation is 1. The fourth-order valence-corrected chi connectivity index (χ4v) is 4.03. The Morgan fingerprint density at radius 1 is 1.41 bits per heavy atom. The molecule has 0 bridgehead atoms. The molecule has 0 heterocycles. The first kappa shape index (κ1) is 15.1. The van der Waals surface area contributed by atoms with E-state index in [1.54, 1.807) is 6.07 Å². The van der Waals surface area contributed by atoms with E-state index < -0.39 is 9.80 Å². The van der Waals surface area contributed by atoms with Crippen molar-refractivity contribution in [2.45, 2.75) is 38.0 Å². The smallest absolute Gasteiger partial charge is 0.173 e. The van der Waals surface area contributed by atoms with Crippen LogP contribution in [-0.2, 0) is 14.1 Å². The highest BCUT2D eigenvalue weighted by Crippen LogP contribution is 2.46. The molecule has 2 aliphatic rings. The van der Waals surface area contributed by atoms with Crippen molar-refractivity contribution < 1.29 is 8.49 Å². The van der Waals surface area contributed by atoms with Crippen molar-refractivity contribution in [3.05, 3.63) is 53.6 Å². The number of oxime groups is 1. The number of hydrogen-bond donors (Lipinski definition) is 0. The Morgan fingerprint density at radius 2 is 2.23 bits per heavy atom. The van der Waals surface area contributed by atoms with E-state index in [0.29, 0.717) is 4.90 Å². The molecule has 2 aliphatic carbocycles. The van der Waals surface area contributed by atoms with Crippen LogP contribution >= 0.6 is 0 Å². The molecule has 1 aromatic rings. The largest absolute Gasteiger partial charge is 0.299 e. The molecule has 2 atom stereocenters. The molecule has 2 unspecified atom stereocenters. The quantitative estimate of drug-likeness (QED) is 0.623. The van der Waals surface area contributed by atoms with E-state index in [2.05, 4.69) is 36.2 Å². The highest BCUT2D eigenvalue weighted by Gasteiger charge is 2.37. The molecule has 1 fully saturated rings. The Kier molecular flexibility index (Phi) is 3.73. The van der Waals surface area contributed by atoms with E-state index in [4.69, 9.17) is 4.28 Å². The molecule has 0 aliphatic heterocycles. The molecule has 0 N–H and O–H groups in total. The monoisotopic (exact) mass is 315 g/mol. The number of nitrogens with zero attached hydrogens (tertiary/aromatic N) is 1. The zero-order valence-corrected chi connectivity index (χ0v) is 13.9. The van der Waals surface area contributed by atoms with Crippen molar-refractivity contribution in [3.8, 4) is 0 Å². The number of rotatable bonds is 3. The highest BCUT2D eigenvalue weighted by atomic mass is 32.2. The van der Waals surface area contributed by atoms with Crippen LogP contribution < -0.4 is 0 Å². The lowest BCUT2D eigenvalue weighted by Crippen LogP contribution is -2.14. The van der Waals surface area contributed by atoms with Gasteiger partial charge in [-0.2, -0.15) is 0 Å². The molecule has 22 heavy (non-hydrogen) atoms. The lowest BCUT2D eigenvalue weighted by molar-refractivity contribution is 0.366. The first-order valence-electron chi connectivity index (χ1n) is 7.44. The Bertz CT molecular complexity index is 787. The summed E-state index contributed by atoms with van der Waals surface area (Å²) in [4.78, 5) is 0.583. The van der Waals surface area contributed by atoms with Crippen molar-refractivity contribution in [1.82, 2.24) is 0 Å². The summed E-state index contributed by atoms with van der Waals surface area (Å²) in [5.74, 6) is 3.72. The van der Waals surface area contributed by atoms with E-state index in [9.17, 15) is 4.21 Å². The molecule has 3 rings (SSSR count). The molecule has 0 aromatic heterocycles. The average Bonchev–Trinajstić information content (AvgIpc) is 2.82. The molecule has 0 spiro atoms. The van der Waals surface area contributed by atoms with Gasteiger partial charge in [-0.1, -0.05) is 48.0 Å². The molecule has 1 saturated carbocycles. The van der Waals surface area contributed by atoms with Crippen LogP contribution in [-0.4, -0.2) is 15.8 Å². The molecule has 0 saturated heterocycles. The first-order valence-corrected chi connectivity index (χ1v) is 9.09. The van der Waals surface area contributed by atoms with E-state index in [0.717, 1.165) is 30.5 Å². The van der Waals surface area contributed by atoms with E-state index >= 15 is 0 Å². The summed E-state index contributed by atoms with van der Waals surface area (Å²) in [6.45, 7) is 4.19. The zero-order valence-electron chi connectivity index (χ0n) is 13.0. The first-order chi connectivity index (χ1) is 10.4. The van der Waals surface area contributed by atoms with Crippen LogP contribution in [0, 0.1) is 12.3 Å². The summed E-state index contributed by atoms with van der Waals surface area (Å²) < 4.78 is 18.0. The van der Waals surface area contributed by atoms with Gasteiger partial charge in [-0.25, -0.2) is 4.21 Å². The Morgan fingerprint density at radius 3 is 2.95 bits per heavy atom. The third-order valence-electron chi connectivity index (χ3n) is 4.40. The van der Waals surface area contributed by atoms with Crippen molar-refractivity contribution in [2.24, 2.45) is 10.6 Å². The minimum atomic E-state index is -2.85. The summed E-state index contributed by atoms with van der Waals surface area (Å²) >= 11 is 0. The van der Waals surface area contributed by atoms with Crippen LogP contribution in [0.3, 0.4) is 0 Å². The molecular formula is C18H21NO2S. The fourth-order valence-electron chi connectivity index (χ4n) is 3.06. The van der Waals surface area contributed by atoms with E-state index in [-0.39, 0.29) is 5.41 Å². The maximum Gasteiger partial charge on any atom is 0.173 e. The minimum Gasteiger partial charge on any atom is -0.299 e. The van der Waals surface area contributed by atoms with Gasteiger partial charge in [-0.15, -0.1) is 0 Å². The predicted molar refractivity (Wildman–Crippen MR) is 92.4 cm³/mol. The molecule has 1 aromatic carbocycles. The summed E-state index contributed by atoms with van der Waals surface area (Å²) in [5, 5.41) is 4.18. The van der Waals surface area contributed by atoms with Gasteiger partial charge < -0.3 is 0 Å². The molecule has 3 nitrogen and oxygen atoms in total. The van der Waals surface area contributed by atoms with Crippen LogP contribution in [0.4, 0.5) is 0 Å².